The normalized spacial score (nSPS) is 12.3. The van der Waals surface area contributed by atoms with E-state index >= 15 is 0 Å². The van der Waals surface area contributed by atoms with E-state index in [9.17, 15) is 4.79 Å². The van der Waals surface area contributed by atoms with Crippen LogP contribution >= 0.6 is 31.9 Å². The maximum absolute atomic E-state index is 11.9. The summed E-state index contributed by atoms with van der Waals surface area (Å²) in [6.45, 7) is 5.09. The number of hydrogen-bond acceptors (Lipinski definition) is 3. The Labute approximate surface area is 124 Å². The summed E-state index contributed by atoms with van der Waals surface area (Å²) in [4.78, 5) is 17.8. The molecule has 1 heterocycles. The van der Waals surface area contributed by atoms with Gasteiger partial charge in [-0.2, -0.15) is 0 Å². The van der Waals surface area contributed by atoms with Crippen molar-refractivity contribution in [1.82, 2.24) is 15.2 Å². The van der Waals surface area contributed by atoms with Crippen LogP contribution in [0.25, 0.3) is 0 Å². The van der Waals surface area contributed by atoms with E-state index in [1.54, 1.807) is 18.1 Å². The number of amides is 1. The Hall–Kier alpha value is -0.460. The summed E-state index contributed by atoms with van der Waals surface area (Å²) in [6.07, 6.45) is 1.74. The largest absolute Gasteiger partial charge is 0.345 e. The first-order chi connectivity index (χ1) is 8.45. The van der Waals surface area contributed by atoms with Gasteiger partial charge in [0.1, 0.15) is 0 Å². The highest BCUT2D eigenvalue weighted by molar-refractivity contribution is 9.11. The van der Waals surface area contributed by atoms with Gasteiger partial charge in [-0.05, 0) is 51.8 Å². The Kier molecular flexibility index (Phi) is 6.25. The lowest BCUT2D eigenvalue weighted by Crippen LogP contribution is -2.42. The van der Waals surface area contributed by atoms with Crippen molar-refractivity contribution in [3.8, 4) is 0 Å². The van der Waals surface area contributed by atoms with E-state index in [1.807, 2.05) is 19.9 Å². The molecule has 1 N–H and O–H groups in total. The Bertz CT molecular complexity index is 426. The minimum atomic E-state index is -0.215. The maximum atomic E-state index is 11.9. The molecule has 0 fully saturated rings. The molecule has 1 unspecified atom stereocenters. The number of hydrogen-bond donors (Lipinski definition) is 1. The molecule has 0 bridgehead atoms. The molecule has 18 heavy (non-hydrogen) atoms. The second-order valence-electron chi connectivity index (χ2n) is 4.04. The molecular weight excluding hydrogens is 362 g/mol. The SMILES string of the molecule is CCN(C)C(=O)C(C)NCc1ncc(Br)cc1Br. The molecule has 1 aromatic heterocycles. The van der Waals surface area contributed by atoms with E-state index < -0.39 is 0 Å². The lowest BCUT2D eigenvalue weighted by atomic mass is 10.2. The topological polar surface area (TPSA) is 45.2 Å². The lowest BCUT2D eigenvalue weighted by Gasteiger charge is -2.20. The third kappa shape index (κ3) is 4.33. The second kappa shape index (κ2) is 7.21. The molecule has 0 aliphatic carbocycles. The molecule has 0 aliphatic rings. The van der Waals surface area contributed by atoms with Crippen LogP contribution in [-0.4, -0.2) is 35.4 Å². The van der Waals surface area contributed by atoms with E-state index in [2.05, 4.69) is 42.2 Å². The minimum Gasteiger partial charge on any atom is -0.345 e. The Morgan fingerprint density at radius 2 is 2.22 bits per heavy atom. The number of halogens is 2. The zero-order valence-corrected chi connectivity index (χ0v) is 13.9. The number of carbonyl (C=O) groups excluding carboxylic acids is 1. The molecular formula is C12H17Br2N3O. The smallest absolute Gasteiger partial charge is 0.239 e. The zero-order chi connectivity index (χ0) is 13.7. The van der Waals surface area contributed by atoms with E-state index in [-0.39, 0.29) is 11.9 Å². The number of nitrogens with zero attached hydrogens (tertiary/aromatic N) is 2. The van der Waals surface area contributed by atoms with Gasteiger partial charge in [0.05, 0.1) is 11.7 Å². The number of likely N-dealkylation sites (N-methyl/N-ethyl adjacent to an activating group) is 1. The highest BCUT2D eigenvalue weighted by Crippen LogP contribution is 2.19. The van der Waals surface area contributed by atoms with Gasteiger partial charge < -0.3 is 10.2 Å². The highest BCUT2D eigenvalue weighted by atomic mass is 79.9. The van der Waals surface area contributed by atoms with Gasteiger partial charge in [0.2, 0.25) is 5.91 Å². The first kappa shape index (κ1) is 15.6. The fraction of sp³-hybridized carbons (Fsp3) is 0.500. The Morgan fingerprint density at radius 3 is 2.78 bits per heavy atom. The van der Waals surface area contributed by atoms with E-state index in [0.29, 0.717) is 13.1 Å². The van der Waals surface area contributed by atoms with Gasteiger partial charge in [-0.15, -0.1) is 0 Å². The predicted octanol–water partition coefficient (Wildman–Crippen LogP) is 2.56. The summed E-state index contributed by atoms with van der Waals surface area (Å²) >= 11 is 6.80. The second-order valence-corrected chi connectivity index (χ2v) is 5.81. The summed E-state index contributed by atoms with van der Waals surface area (Å²) in [5.74, 6) is 0.0886. The molecule has 1 aromatic rings. The van der Waals surface area contributed by atoms with E-state index in [4.69, 9.17) is 0 Å². The first-order valence-electron chi connectivity index (χ1n) is 5.74. The maximum Gasteiger partial charge on any atom is 0.239 e. The van der Waals surface area contributed by atoms with Crippen LogP contribution in [-0.2, 0) is 11.3 Å². The van der Waals surface area contributed by atoms with Gasteiger partial charge in [-0.1, -0.05) is 0 Å². The number of carbonyl (C=O) groups is 1. The van der Waals surface area contributed by atoms with Crippen LogP contribution in [0.4, 0.5) is 0 Å². The molecule has 6 heteroatoms. The van der Waals surface area contributed by atoms with Crippen molar-refractivity contribution in [3.05, 3.63) is 26.9 Å². The summed E-state index contributed by atoms with van der Waals surface area (Å²) < 4.78 is 1.85. The lowest BCUT2D eigenvalue weighted by molar-refractivity contribution is -0.131. The van der Waals surface area contributed by atoms with E-state index in [0.717, 1.165) is 14.6 Å². The molecule has 0 aliphatic heterocycles. The average Bonchev–Trinajstić information content (AvgIpc) is 2.35. The molecule has 0 spiro atoms. The summed E-state index contributed by atoms with van der Waals surface area (Å²) in [6, 6.07) is 1.72. The van der Waals surface area contributed by atoms with Crippen LogP contribution in [0.1, 0.15) is 19.5 Å². The van der Waals surface area contributed by atoms with Crippen LogP contribution in [0.3, 0.4) is 0 Å². The third-order valence-electron chi connectivity index (χ3n) is 2.68. The molecule has 0 aromatic carbocycles. The molecule has 1 atom stereocenters. The number of rotatable bonds is 5. The van der Waals surface area contributed by atoms with Crippen molar-refractivity contribution in [3.63, 3.8) is 0 Å². The fourth-order valence-corrected chi connectivity index (χ4v) is 2.52. The van der Waals surface area contributed by atoms with Crippen molar-refractivity contribution in [1.29, 1.82) is 0 Å². The average molecular weight is 379 g/mol. The van der Waals surface area contributed by atoms with Crippen molar-refractivity contribution in [2.24, 2.45) is 0 Å². The van der Waals surface area contributed by atoms with Gasteiger partial charge in [-0.25, -0.2) is 0 Å². The first-order valence-corrected chi connectivity index (χ1v) is 7.32. The Balaban J connectivity index is 2.57. The third-order valence-corrected chi connectivity index (χ3v) is 3.80. The minimum absolute atomic E-state index is 0.0886. The summed E-state index contributed by atoms with van der Waals surface area (Å²) in [7, 11) is 1.80. The molecule has 100 valence electrons. The van der Waals surface area contributed by atoms with Crippen LogP contribution in [0.15, 0.2) is 21.2 Å². The van der Waals surface area contributed by atoms with Crippen LogP contribution in [0, 0.1) is 0 Å². The van der Waals surface area contributed by atoms with Crippen LogP contribution in [0.2, 0.25) is 0 Å². The van der Waals surface area contributed by atoms with Crippen molar-refractivity contribution in [2.45, 2.75) is 26.4 Å². The molecule has 1 rings (SSSR count). The molecule has 0 saturated heterocycles. The van der Waals surface area contributed by atoms with Gasteiger partial charge in [0.15, 0.2) is 0 Å². The molecule has 4 nitrogen and oxygen atoms in total. The van der Waals surface area contributed by atoms with E-state index in [1.165, 1.54) is 0 Å². The van der Waals surface area contributed by atoms with Gasteiger partial charge in [-0.3, -0.25) is 9.78 Å². The van der Waals surface area contributed by atoms with Gasteiger partial charge >= 0.3 is 0 Å². The molecule has 0 radical (unpaired) electrons. The predicted molar refractivity (Wildman–Crippen MR) is 79.2 cm³/mol. The monoisotopic (exact) mass is 377 g/mol. The van der Waals surface area contributed by atoms with Crippen molar-refractivity contribution in [2.75, 3.05) is 13.6 Å². The van der Waals surface area contributed by atoms with Crippen molar-refractivity contribution >= 4 is 37.8 Å². The number of nitrogens with one attached hydrogen (secondary N) is 1. The van der Waals surface area contributed by atoms with Gasteiger partial charge in [0.25, 0.3) is 0 Å². The van der Waals surface area contributed by atoms with Gasteiger partial charge in [0, 0.05) is 35.3 Å². The molecule has 0 saturated carbocycles. The van der Waals surface area contributed by atoms with Crippen LogP contribution in [0.5, 0.6) is 0 Å². The quantitative estimate of drug-likeness (QED) is 0.856. The number of aromatic nitrogens is 1. The standard InChI is InChI=1S/C12H17Br2N3O/c1-4-17(3)12(18)8(2)15-7-11-10(14)5-9(13)6-16-11/h5-6,8,15H,4,7H2,1-3H3. The summed E-state index contributed by atoms with van der Waals surface area (Å²) in [5.41, 5.74) is 0.886. The fourth-order valence-electron chi connectivity index (χ4n) is 1.40. The molecule has 1 amide bonds. The zero-order valence-electron chi connectivity index (χ0n) is 10.7. The summed E-state index contributed by atoms with van der Waals surface area (Å²) in [5, 5.41) is 3.18. The Morgan fingerprint density at radius 1 is 1.56 bits per heavy atom. The number of pyridine rings is 1. The highest BCUT2D eigenvalue weighted by Gasteiger charge is 2.16. The van der Waals surface area contributed by atoms with Crippen molar-refractivity contribution < 1.29 is 4.79 Å². The van der Waals surface area contributed by atoms with Crippen LogP contribution < -0.4 is 5.32 Å².